The molecule has 3 rings (SSSR count). The van der Waals surface area contributed by atoms with Gasteiger partial charge < -0.3 is 4.98 Å². The van der Waals surface area contributed by atoms with Gasteiger partial charge in [0.2, 0.25) is 0 Å². The zero-order valence-corrected chi connectivity index (χ0v) is 15.5. The molecule has 1 fully saturated rings. The van der Waals surface area contributed by atoms with Gasteiger partial charge in [0, 0.05) is 17.3 Å². The van der Waals surface area contributed by atoms with Gasteiger partial charge in [-0.3, -0.25) is 14.5 Å². The number of hydrogen-bond donors (Lipinski definition) is 1. The Morgan fingerprint density at radius 2 is 2.12 bits per heavy atom. The molecule has 1 saturated heterocycles. The standard InChI is InChI=1S/C19H24N2O2S/c1-11-17(14(4)22)12(2)20-18(11)19(23)13(3)21-8-5-6-16(21)15-7-9-24-10-15/h7,9-10,13,16,20H,5-6,8H2,1-4H3/t13-,16+/m1/s1. The van der Waals surface area contributed by atoms with Gasteiger partial charge in [-0.15, -0.1) is 0 Å². The molecule has 0 radical (unpaired) electrons. The molecule has 2 atom stereocenters. The van der Waals surface area contributed by atoms with E-state index in [1.165, 1.54) is 5.56 Å². The van der Waals surface area contributed by atoms with E-state index in [0.29, 0.717) is 17.3 Å². The third-order valence-corrected chi connectivity index (χ3v) is 5.84. The molecular formula is C19H24N2O2S. The zero-order valence-electron chi connectivity index (χ0n) is 14.7. The lowest BCUT2D eigenvalue weighted by atomic mass is 10.0. The predicted molar refractivity (Wildman–Crippen MR) is 97.1 cm³/mol. The average molecular weight is 344 g/mol. The summed E-state index contributed by atoms with van der Waals surface area (Å²) in [5, 5.41) is 4.27. The molecule has 2 aromatic rings. The van der Waals surface area contributed by atoms with E-state index in [4.69, 9.17) is 0 Å². The summed E-state index contributed by atoms with van der Waals surface area (Å²) in [6, 6.07) is 2.27. The van der Waals surface area contributed by atoms with Gasteiger partial charge in [-0.2, -0.15) is 11.3 Å². The summed E-state index contributed by atoms with van der Waals surface area (Å²) in [6.45, 7) is 8.19. The molecule has 0 bridgehead atoms. The van der Waals surface area contributed by atoms with E-state index in [2.05, 4.69) is 26.7 Å². The summed E-state index contributed by atoms with van der Waals surface area (Å²) < 4.78 is 0. The van der Waals surface area contributed by atoms with Crippen LogP contribution in [0.25, 0.3) is 0 Å². The number of nitrogens with zero attached hydrogens (tertiary/aromatic N) is 1. The molecule has 0 unspecified atom stereocenters. The molecule has 24 heavy (non-hydrogen) atoms. The Labute approximate surface area is 146 Å². The Balaban J connectivity index is 1.87. The number of aryl methyl sites for hydroxylation is 1. The highest BCUT2D eigenvalue weighted by Gasteiger charge is 2.35. The Morgan fingerprint density at radius 1 is 1.38 bits per heavy atom. The quantitative estimate of drug-likeness (QED) is 0.823. The molecule has 0 saturated carbocycles. The first-order valence-corrected chi connectivity index (χ1v) is 9.38. The second-order valence-electron chi connectivity index (χ2n) is 6.67. The van der Waals surface area contributed by atoms with Crippen molar-refractivity contribution in [3.05, 3.63) is 44.9 Å². The predicted octanol–water partition coefficient (Wildman–Crippen LogP) is 4.30. The lowest BCUT2D eigenvalue weighted by Gasteiger charge is -2.29. The summed E-state index contributed by atoms with van der Waals surface area (Å²) in [5.41, 5.74) is 4.11. The summed E-state index contributed by atoms with van der Waals surface area (Å²) in [7, 11) is 0. The maximum Gasteiger partial charge on any atom is 0.196 e. The fraction of sp³-hybridized carbons (Fsp3) is 0.474. The highest BCUT2D eigenvalue weighted by atomic mass is 32.1. The van der Waals surface area contributed by atoms with Gasteiger partial charge in [-0.1, -0.05) is 0 Å². The van der Waals surface area contributed by atoms with Crippen molar-refractivity contribution < 1.29 is 9.59 Å². The van der Waals surface area contributed by atoms with Crippen LogP contribution in [0.3, 0.4) is 0 Å². The lowest BCUT2D eigenvalue weighted by molar-refractivity contribution is 0.0815. The van der Waals surface area contributed by atoms with E-state index in [1.807, 2.05) is 20.8 Å². The lowest BCUT2D eigenvalue weighted by Crippen LogP contribution is -2.38. The number of aromatic amines is 1. The Hall–Kier alpha value is -1.72. The van der Waals surface area contributed by atoms with E-state index in [9.17, 15) is 9.59 Å². The molecule has 3 heterocycles. The van der Waals surface area contributed by atoms with E-state index < -0.39 is 0 Å². The number of likely N-dealkylation sites (tertiary alicyclic amines) is 1. The van der Waals surface area contributed by atoms with Crippen LogP contribution in [-0.2, 0) is 0 Å². The van der Waals surface area contributed by atoms with Crippen molar-refractivity contribution in [1.82, 2.24) is 9.88 Å². The van der Waals surface area contributed by atoms with Gasteiger partial charge in [0.1, 0.15) is 0 Å². The molecule has 0 aromatic carbocycles. The smallest absolute Gasteiger partial charge is 0.196 e. The molecule has 2 aromatic heterocycles. The Kier molecular flexibility index (Phi) is 4.74. The first-order valence-electron chi connectivity index (χ1n) is 8.44. The van der Waals surface area contributed by atoms with Crippen LogP contribution in [0.15, 0.2) is 16.8 Å². The van der Waals surface area contributed by atoms with Crippen LogP contribution >= 0.6 is 11.3 Å². The van der Waals surface area contributed by atoms with Crippen LogP contribution < -0.4 is 0 Å². The molecular weight excluding hydrogens is 320 g/mol. The number of rotatable bonds is 5. The van der Waals surface area contributed by atoms with Gasteiger partial charge >= 0.3 is 0 Å². The van der Waals surface area contributed by atoms with Crippen molar-refractivity contribution in [1.29, 1.82) is 0 Å². The maximum atomic E-state index is 13.1. The van der Waals surface area contributed by atoms with Crippen molar-refractivity contribution in [3.8, 4) is 0 Å². The van der Waals surface area contributed by atoms with Gasteiger partial charge in [0.25, 0.3) is 0 Å². The number of nitrogens with one attached hydrogen (secondary N) is 1. The van der Waals surface area contributed by atoms with Gasteiger partial charge in [-0.05, 0) is 75.0 Å². The minimum absolute atomic E-state index is 0.00488. The molecule has 1 aliphatic heterocycles. The zero-order chi connectivity index (χ0) is 17.4. The molecule has 0 amide bonds. The number of H-pyrrole nitrogens is 1. The number of carbonyl (C=O) groups is 2. The van der Waals surface area contributed by atoms with Crippen LogP contribution in [0.2, 0.25) is 0 Å². The number of Topliss-reactive ketones (excluding diaryl/α,β-unsaturated/α-hetero) is 2. The largest absolute Gasteiger partial charge is 0.355 e. The molecule has 0 spiro atoms. The second-order valence-corrected chi connectivity index (χ2v) is 7.45. The van der Waals surface area contributed by atoms with Crippen molar-refractivity contribution in [2.45, 2.75) is 52.6 Å². The van der Waals surface area contributed by atoms with E-state index >= 15 is 0 Å². The van der Waals surface area contributed by atoms with Gasteiger partial charge in [0.15, 0.2) is 11.6 Å². The van der Waals surface area contributed by atoms with Crippen LogP contribution in [0.4, 0.5) is 0 Å². The number of carbonyl (C=O) groups excluding carboxylic acids is 2. The molecule has 1 N–H and O–H groups in total. The van der Waals surface area contributed by atoms with Crippen molar-refractivity contribution in [2.24, 2.45) is 0 Å². The molecule has 4 nitrogen and oxygen atoms in total. The summed E-state index contributed by atoms with van der Waals surface area (Å²) in [5.74, 6) is 0.0792. The molecule has 0 aliphatic carbocycles. The van der Waals surface area contributed by atoms with Crippen molar-refractivity contribution in [3.63, 3.8) is 0 Å². The van der Waals surface area contributed by atoms with E-state index in [0.717, 1.165) is 30.6 Å². The Morgan fingerprint density at radius 3 is 2.71 bits per heavy atom. The van der Waals surface area contributed by atoms with Crippen LogP contribution in [0.1, 0.15) is 70.4 Å². The fourth-order valence-corrected chi connectivity index (χ4v) is 4.67. The third kappa shape index (κ3) is 2.87. The number of thiophene rings is 1. The number of hydrogen-bond acceptors (Lipinski definition) is 4. The number of aromatic nitrogens is 1. The van der Waals surface area contributed by atoms with Crippen LogP contribution in [0, 0.1) is 13.8 Å². The normalized spacial score (nSPS) is 19.6. The first kappa shape index (κ1) is 17.1. The topological polar surface area (TPSA) is 53.2 Å². The third-order valence-electron chi connectivity index (χ3n) is 5.14. The number of ketones is 2. The van der Waals surface area contributed by atoms with Gasteiger partial charge in [0.05, 0.1) is 11.7 Å². The molecule has 5 heteroatoms. The second kappa shape index (κ2) is 6.65. The summed E-state index contributed by atoms with van der Waals surface area (Å²) >= 11 is 1.70. The highest BCUT2D eigenvalue weighted by Crippen LogP contribution is 2.35. The maximum absolute atomic E-state index is 13.1. The first-order chi connectivity index (χ1) is 11.4. The van der Waals surface area contributed by atoms with Crippen LogP contribution in [0.5, 0.6) is 0 Å². The molecule has 128 valence electrons. The van der Waals surface area contributed by atoms with E-state index in [-0.39, 0.29) is 17.6 Å². The van der Waals surface area contributed by atoms with Crippen LogP contribution in [-0.4, -0.2) is 34.0 Å². The monoisotopic (exact) mass is 344 g/mol. The Bertz CT molecular complexity index is 761. The van der Waals surface area contributed by atoms with Crippen molar-refractivity contribution in [2.75, 3.05) is 6.54 Å². The van der Waals surface area contributed by atoms with Gasteiger partial charge in [-0.25, -0.2) is 0 Å². The summed E-state index contributed by atoms with van der Waals surface area (Å²) in [6.07, 6.45) is 2.20. The molecule has 1 aliphatic rings. The van der Waals surface area contributed by atoms with E-state index in [1.54, 1.807) is 18.3 Å². The minimum Gasteiger partial charge on any atom is -0.355 e. The fourth-order valence-electron chi connectivity index (χ4n) is 3.96. The summed E-state index contributed by atoms with van der Waals surface area (Å²) in [4.78, 5) is 30.3. The average Bonchev–Trinajstić information content (AvgIpc) is 3.24. The highest BCUT2D eigenvalue weighted by molar-refractivity contribution is 7.07. The SMILES string of the molecule is CC(=O)c1c(C)[nH]c(C(=O)[C@@H](C)N2CCC[C@H]2c2ccsc2)c1C. The minimum atomic E-state index is -0.200. The van der Waals surface area contributed by atoms with Crippen molar-refractivity contribution >= 4 is 22.9 Å².